The molecule has 5 heteroatoms. The van der Waals surface area contributed by atoms with Gasteiger partial charge in [-0.25, -0.2) is 0 Å². The van der Waals surface area contributed by atoms with Gasteiger partial charge in [0.1, 0.15) is 0 Å². The highest BCUT2D eigenvalue weighted by Crippen LogP contribution is 2.52. The smallest absolute Gasteiger partial charge is 0.376 e. The van der Waals surface area contributed by atoms with Crippen LogP contribution in [0.25, 0.3) is 22.0 Å². The van der Waals surface area contributed by atoms with Crippen LogP contribution in [-0.4, -0.2) is 16.3 Å². The third-order valence-electron chi connectivity index (χ3n) is 6.91. The Morgan fingerprint density at radius 3 is 2.12 bits per heavy atom. The lowest BCUT2D eigenvalue weighted by Gasteiger charge is -2.45. The van der Waals surface area contributed by atoms with E-state index in [1.807, 2.05) is 54.6 Å². The zero-order chi connectivity index (χ0) is 23.9. The molecular formula is C28H26F3NO. The van der Waals surface area contributed by atoms with Gasteiger partial charge in [0.25, 0.3) is 0 Å². The van der Waals surface area contributed by atoms with Crippen LogP contribution in [0.5, 0.6) is 0 Å². The van der Waals surface area contributed by atoms with Crippen LogP contribution in [-0.2, 0) is 11.0 Å². The van der Waals surface area contributed by atoms with E-state index in [4.69, 9.17) is 0 Å². The molecule has 0 amide bonds. The molecule has 4 rings (SSSR count). The van der Waals surface area contributed by atoms with E-state index in [0.29, 0.717) is 10.9 Å². The molecule has 0 fully saturated rings. The normalized spacial score (nSPS) is 15.2. The lowest BCUT2D eigenvalue weighted by molar-refractivity contribution is -0.291. The fourth-order valence-electron chi connectivity index (χ4n) is 4.56. The number of hydrogen-bond acceptors (Lipinski definition) is 2. The quantitative estimate of drug-likeness (QED) is 0.348. The van der Waals surface area contributed by atoms with Gasteiger partial charge in [0.2, 0.25) is 0 Å². The predicted molar refractivity (Wildman–Crippen MR) is 126 cm³/mol. The molecule has 2 nitrogen and oxygen atoms in total. The minimum Gasteiger partial charge on any atom is -0.376 e. The van der Waals surface area contributed by atoms with Gasteiger partial charge in [-0.1, -0.05) is 93.6 Å². The summed E-state index contributed by atoms with van der Waals surface area (Å²) in [6.07, 6.45) is -3.57. The van der Waals surface area contributed by atoms with E-state index in [9.17, 15) is 18.3 Å². The summed E-state index contributed by atoms with van der Waals surface area (Å²) in [4.78, 5) is 4.18. The molecule has 170 valence electrons. The molecule has 1 heterocycles. The second-order valence-corrected chi connectivity index (χ2v) is 9.03. The van der Waals surface area contributed by atoms with Crippen molar-refractivity contribution in [3.05, 3.63) is 102 Å². The van der Waals surface area contributed by atoms with E-state index < -0.39 is 23.1 Å². The van der Waals surface area contributed by atoms with Gasteiger partial charge in [-0.15, -0.1) is 0 Å². The number of rotatable bonds is 5. The van der Waals surface area contributed by atoms with Crippen molar-refractivity contribution in [3.8, 4) is 11.1 Å². The molecule has 1 N–H and O–H groups in total. The summed E-state index contributed by atoms with van der Waals surface area (Å²) in [6.45, 7) is 4.97. The zero-order valence-electron chi connectivity index (χ0n) is 18.8. The second-order valence-electron chi connectivity index (χ2n) is 9.03. The molecule has 2 unspecified atom stereocenters. The first-order valence-electron chi connectivity index (χ1n) is 10.9. The SMILES string of the molecule is CC(C(C)(C)c1cccc(-c2ccccc2)c1)C(O)(c1ccnc2ccccc12)C(F)(F)F. The molecule has 1 aromatic heterocycles. The monoisotopic (exact) mass is 449 g/mol. The zero-order valence-corrected chi connectivity index (χ0v) is 18.8. The maximum Gasteiger partial charge on any atom is 0.421 e. The van der Waals surface area contributed by atoms with Crippen LogP contribution in [0.2, 0.25) is 0 Å². The van der Waals surface area contributed by atoms with E-state index >= 15 is 0 Å². The molecule has 0 aliphatic rings. The van der Waals surface area contributed by atoms with Crippen LogP contribution in [0.1, 0.15) is 31.9 Å². The van der Waals surface area contributed by atoms with Crippen molar-refractivity contribution < 1.29 is 18.3 Å². The van der Waals surface area contributed by atoms with Gasteiger partial charge in [0, 0.05) is 23.1 Å². The predicted octanol–water partition coefficient (Wildman–Crippen LogP) is 7.27. The highest BCUT2D eigenvalue weighted by Gasteiger charge is 2.62. The molecule has 0 bridgehead atoms. The van der Waals surface area contributed by atoms with Gasteiger partial charge >= 0.3 is 6.18 Å². The standard InChI is InChI=1S/C28H26F3NO/c1-19(26(2,3)22-13-9-12-21(18-22)20-10-5-4-6-11-20)27(33,28(29,30)31)24-16-17-32-25-15-8-7-14-23(24)25/h4-19,33H,1-3H3. The topological polar surface area (TPSA) is 33.1 Å². The molecule has 2 atom stereocenters. The maximum atomic E-state index is 14.7. The Hall–Kier alpha value is -3.18. The van der Waals surface area contributed by atoms with Crippen LogP contribution in [0.4, 0.5) is 13.2 Å². The number of aromatic nitrogens is 1. The van der Waals surface area contributed by atoms with Crippen molar-refractivity contribution in [2.24, 2.45) is 5.92 Å². The van der Waals surface area contributed by atoms with Crippen LogP contribution in [0.3, 0.4) is 0 Å². The van der Waals surface area contributed by atoms with Crippen LogP contribution in [0, 0.1) is 5.92 Å². The number of halogens is 3. The van der Waals surface area contributed by atoms with E-state index in [1.165, 1.54) is 19.2 Å². The Bertz CT molecular complexity index is 1260. The summed E-state index contributed by atoms with van der Waals surface area (Å²) in [5.74, 6) is -1.21. The average Bonchev–Trinajstić information content (AvgIpc) is 2.82. The van der Waals surface area contributed by atoms with Crippen molar-refractivity contribution in [1.29, 1.82) is 0 Å². The summed E-state index contributed by atoms with van der Waals surface area (Å²) in [5.41, 5.74) is -1.25. The molecule has 0 radical (unpaired) electrons. The first-order chi connectivity index (χ1) is 15.6. The fourth-order valence-corrected chi connectivity index (χ4v) is 4.56. The van der Waals surface area contributed by atoms with Gasteiger partial charge < -0.3 is 5.11 Å². The first kappa shape index (κ1) is 23.0. The Balaban J connectivity index is 1.86. The molecular weight excluding hydrogens is 423 g/mol. The summed E-state index contributed by atoms with van der Waals surface area (Å²) < 4.78 is 44.1. The molecule has 4 aromatic rings. The van der Waals surface area contributed by atoms with Gasteiger partial charge in [-0.3, -0.25) is 4.98 Å². The number of alkyl halides is 3. The number of nitrogens with zero attached hydrogens (tertiary/aromatic N) is 1. The largest absolute Gasteiger partial charge is 0.421 e. The number of para-hydroxylation sites is 1. The Morgan fingerprint density at radius 2 is 1.42 bits per heavy atom. The second kappa shape index (κ2) is 8.31. The number of fused-ring (bicyclic) bond motifs is 1. The third kappa shape index (κ3) is 3.91. The molecule has 3 aromatic carbocycles. The van der Waals surface area contributed by atoms with Crippen molar-refractivity contribution in [2.75, 3.05) is 0 Å². The lowest BCUT2D eigenvalue weighted by atomic mass is 9.64. The van der Waals surface area contributed by atoms with Crippen molar-refractivity contribution in [1.82, 2.24) is 4.98 Å². The van der Waals surface area contributed by atoms with Crippen molar-refractivity contribution in [3.63, 3.8) is 0 Å². The van der Waals surface area contributed by atoms with Crippen LogP contribution in [0.15, 0.2) is 91.1 Å². The number of hydrogen-bond donors (Lipinski definition) is 1. The molecule has 0 aliphatic carbocycles. The molecule has 0 spiro atoms. The highest BCUT2D eigenvalue weighted by atomic mass is 19.4. The molecule has 0 aliphatic heterocycles. The number of benzene rings is 3. The number of aliphatic hydroxyl groups is 1. The van der Waals surface area contributed by atoms with Gasteiger partial charge in [-0.2, -0.15) is 13.2 Å². The van der Waals surface area contributed by atoms with Gasteiger partial charge in [0.15, 0.2) is 5.60 Å². The average molecular weight is 450 g/mol. The van der Waals surface area contributed by atoms with Crippen molar-refractivity contribution in [2.45, 2.75) is 38.0 Å². The maximum absolute atomic E-state index is 14.7. The van der Waals surface area contributed by atoms with E-state index in [-0.39, 0.29) is 5.56 Å². The summed E-state index contributed by atoms with van der Waals surface area (Å²) in [5, 5.41) is 11.8. The fraction of sp³-hybridized carbons (Fsp3) is 0.250. The summed E-state index contributed by atoms with van der Waals surface area (Å²) >= 11 is 0. The van der Waals surface area contributed by atoms with E-state index in [1.54, 1.807) is 38.1 Å². The molecule has 0 saturated heterocycles. The lowest BCUT2D eigenvalue weighted by Crippen LogP contribution is -2.53. The highest BCUT2D eigenvalue weighted by molar-refractivity contribution is 5.83. The third-order valence-corrected chi connectivity index (χ3v) is 6.91. The Morgan fingerprint density at radius 1 is 0.788 bits per heavy atom. The minimum absolute atomic E-state index is 0.180. The van der Waals surface area contributed by atoms with E-state index in [0.717, 1.165) is 16.7 Å². The van der Waals surface area contributed by atoms with E-state index in [2.05, 4.69) is 4.98 Å². The molecule has 0 saturated carbocycles. The van der Waals surface area contributed by atoms with Gasteiger partial charge in [-0.05, 0) is 34.2 Å². The number of pyridine rings is 1. The summed E-state index contributed by atoms with van der Waals surface area (Å²) in [7, 11) is 0. The van der Waals surface area contributed by atoms with Crippen molar-refractivity contribution >= 4 is 10.9 Å². The Kier molecular flexibility index (Phi) is 5.79. The summed E-state index contributed by atoms with van der Waals surface area (Å²) in [6, 6.07) is 25.1. The van der Waals surface area contributed by atoms with Crippen LogP contribution >= 0.6 is 0 Å². The van der Waals surface area contributed by atoms with Crippen LogP contribution < -0.4 is 0 Å². The first-order valence-corrected chi connectivity index (χ1v) is 10.9. The Labute approximate surface area is 191 Å². The minimum atomic E-state index is -4.90. The molecule has 33 heavy (non-hydrogen) atoms. The van der Waals surface area contributed by atoms with Gasteiger partial charge in [0.05, 0.1) is 5.52 Å².